The maximum absolute atomic E-state index is 13.2. The number of nitrogens with zero attached hydrogens (tertiary/aromatic N) is 1. The summed E-state index contributed by atoms with van der Waals surface area (Å²) in [5, 5.41) is 18.0. The van der Waals surface area contributed by atoms with Crippen molar-refractivity contribution in [2.24, 2.45) is 0 Å². The molecule has 0 radical (unpaired) electrons. The predicted molar refractivity (Wildman–Crippen MR) is 47.0 cm³/mol. The molecule has 2 N–H and O–H groups in total. The number of rotatable bonds is 1. The van der Waals surface area contributed by atoms with Gasteiger partial charge in [-0.25, -0.2) is 4.39 Å². The Morgan fingerprint density at radius 2 is 1.94 bits per heavy atom. The van der Waals surface area contributed by atoms with Crippen molar-refractivity contribution in [3.05, 3.63) is 0 Å². The monoisotopic (exact) mass is 243 g/mol. The van der Waals surface area contributed by atoms with Gasteiger partial charge < -0.3 is 15.1 Å². The van der Waals surface area contributed by atoms with Gasteiger partial charge in [-0.1, -0.05) is 0 Å². The summed E-state index contributed by atoms with van der Waals surface area (Å²) in [5.74, 6) is -3.67. The highest BCUT2D eigenvalue weighted by Gasteiger charge is 2.54. The summed E-state index contributed by atoms with van der Waals surface area (Å²) in [6.07, 6.45) is -8.94. The molecule has 1 saturated heterocycles. The fraction of sp³-hybridized carbons (Fsp3) is 0.857. The highest BCUT2D eigenvalue weighted by Crippen LogP contribution is 2.30. The van der Waals surface area contributed by atoms with E-state index in [1.807, 2.05) is 0 Å². The van der Waals surface area contributed by atoms with Crippen LogP contribution in [-0.4, -0.2) is 65.9 Å². The number of amides is 1. The maximum Gasteiger partial charge on any atom is 0.471 e. The molecule has 1 aliphatic heterocycles. The number of likely N-dealkylation sites (tertiary alicyclic amines) is 1. The van der Waals surface area contributed by atoms with Crippen molar-refractivity contribution in [3.63, 3.8) is 0 Å². The molecule has 16 heavy (non-hydrogen) atoms. The van der Waals surface area contributed by atoms with E-state index in [2.05, 4.69) is 0 Å². The summed E-state index contributed by atoms with van der Waals surface area (Å²) in [6, 6.07) is -1.56. The van der Waals surface area contributed by atoms with Gasteiger partial charge in [0.25, 0.3) is 0 Å². The minimum Gasteiger partial charge on any atom is -0.394 e. The number of carbonyl (C=O) groups excluding carboxylic acids is 1. The first-order valence-electron chi connectivity index (χ1n) is 4.54. The second-order valence-corrected chi connectivity index (χ2v) is 3.64. The van der Waals surface area contributed by atoms with Crippen molar-refractivity contribution >= 4 is 13.8 Å². The standard InChI is InChI=1S/C7H10BF4NO3/c8-5-3(9)4(15)2(1-14)13(5)6(16)7(10,11)12/h2-5,14-15H,1,8H2/t2-,3-,4-,5-/m1/s1. The van der Waals surface area contributed by atoms with Crippen molar-refractivity contribution < 1.29 is 32.6 Å². The van der Waals surface area contributed by atoms with Gasteiger partial charge in [-0.15, -0.1) is 0 Å². The quantitative estimate of drug-likeness (QED) is 0.431. The van der Waals surface area contributed by atoms with E-state index in [1.165, 1.54) is 0 Å². The Morgan fingerprint density at radius 1 is 1.44 bits per heavy atom. The first kappa shape index (κ1) is 13.2. The van der Waals surface area contributed by atoms with E-state index in [-0.39, 0.29) is 4.90 Å². The van der Waals surface area contributed by atoms with E-state index in [9.17, 15) is 27.5 Å². The third-order valence-corrected chi connectivity index (χ3v) is 2.64. The Labute approximate surface area is 89.2 Å². The lowest BCUT2D eigenvalue weighted by atomic mass is 9.92. The highest BCUT2D eigenvalue weighted by molar-refractivity contribution is 6.14. The van der Waals surface area contributed by atoms with Gasteiger partial charge in [0.1, 0.15) is 20.1 Å². The smallest absolute Gasteiger partial charge is 0.394 e. The molecule has 1 heterocycles. The molecule has 1 amide bonds. The van der Waals surface area contributed by atoms with Gasteiger partial charge in [0.2, 0.25) is 0 Å². The van der Waals surface area contributed by atoms with Gasteiger partial charge in [0.05, 0.1) is 12.6 Å². The normalized spacial score (nSPS) is 35.5. The minimum absolute atomic E-state index is 0.148. The van der Waals surface area contributed by atoms with Crippen LogP contribution < -0.4 is 0 Å². The van der Waals surface area contributed by atoms with Crippen LogP contribution in [0.25, 0.3) is 0 Å². The number of aliphatic hydroxyl groups excluding tert-OH is 2. The number of hydrogen-bond donors (Lipinski definition) is 2. The molecule has 1 fully saturated rings. The van der Waals surface area contributed by atoms with E-state index < -0.39 is 42.9 Å². The lowest BCUT2D eigenvalue weighted by Gasteiger charge is -2.28. The lowest BCUT2D eigenvalue weighted by molar-refractivity contribution is -0.188. The van der Waals surface area contributed by atoms with Crippen LogP contribution in [0.2, 0.25) is 0 Å². The van der Waals surface area contributed by atoms with Crippen molar-refractivity contribution in [3.8, 4) is 0 Å². The second-order valence-electron chi connectivity index (χ2n) is 3.64. The molecule has 0 aliphatic carbocycles. The number of carbonyl (C=O) groups is 1. The largest absolute Gasteiger partial charge is 0.471 e. The average Bonchev–Trinajstić information content (AvgIpc) is 2.39. The SMILES string of the molecule is B[C@H]1[C@H](F)[C@H](O)[C@@H](CO)N1C(=O)C(F)(F)F. The number of aliphatic hydroxyl groups is 2. The molecule has 0 saturated carbocycles. The first-order valence-corrected chi connectivity index (χ1v) is 4.54. The Kier molecular flexibility index (Phi) is 3.48. The zero-order valence-corrected chi connectivity index (χ0v) is 8.28. The van der Waals surface area contributed by atoms with Gasteiger partial charge in [0, 0.05) is 5.94 Å². The van der Waals surface area contributed by atoms with Crippen LogP contribution in [0.5, 0.6) is 0 Å². The first-order chi connectivity index (χ1) is 7.21. The molecule has 1 aliphatic rings. The van der Waals surface area contributed by atoms with Crippen molar-refractivity contribution in [1.82, 2.24) is 4.90 Å². The van der Waals surface area contributed by atoms with Crippen LogP contribution in [0.1, 0.15) is 0 Å². The average molecular weight is 243 g/mol. The Bertz CT molecular complexity index is 287. The third kappa shape index (κ3) is 2.01. The topological polar surface area (TPSA) is 60.8 Å². The van der Waals surface area contributed by atoms with E-state index >= 15 is 0 Å². The molecular weight excluding hydrogens is 233 g/mol. The summed E-state index contributed by atoms with van der Waals surface area (Å²) in [6.45, 7) is -0.923. The fourth-order valence-electron chi connectivity index (χ4n) is 1.80. The molecule has 9 heteroatoms. The molecule has 0 bridgehead atoms. The highest BCUT2D eigenvalue weighted by atomic mass is 19.4. The van der Waals surface area contributed by atoms with E-state index in [0.29, 0.717) is 0 Å². The van der Waals surface area contributed by atoms with Crippen LogP contribution in [0.4, 0.5) is 17.6 Å². The van der Waals surface area contributed by atoms with Gasteiger partial charge in [0.15, 0.2) is 0 Å². The van der Waals surface area contributed by atoms with Crippen LogP contribution in [0, 0.1) is 0 Å². The Balaban J connectivity index is 2.98. The number of alkyl halides is 4. The summed E-state index contributed by atoms with van der Waals surface area (Å²) in [4.78, 5) is 11.1. The van der Waals surface area contributed by atoms with Crippen LogP contribution in [-0.2, 0) is 4.79 Å². The number of hydrogen-bond acceptors (Lipinski definition) is 3. The predicted octanol–water partition coefficient (Wildman–Crippen LogP) is -1.59. The molecule has 0 unspecified atom stereocenters. The Morgan fingerprint density at radius 3 is 2.31 bits per heavy atom. The summed E-state index contributed by atoms with van der Waals surface area (Å²) in [5.41, 5.74) is 0. The Hall–Kier alpha value is -0.825. The second kappa shape index (κ2) is 4.21. The molecule has 1 rings (SSSR count). The fourth-order valence-corrected chi connectivity index (χ4v) is 1.80. The van der Waals surface area contributed by atoms with Crippen LogP contribution >= 0.6 is 0 Å². The summed E-state index contributed by atoms with van der Waals surface area (Å²) >= 11 is 0. The minimum atomic E-state index is -5.15. The van der Waals surface area contributed by atoms with E-state index in [1.54, 1.807) is 0 Å². The molecule has 0 aromatic carbocycles. The molecule has 4 atom stereocenters. The third-order valence-electron chi connectivity index (χ3n) is 2.64. The molecule has 0 aromatic heterocycles. The van der Waals surface area contributed by atoms with E-state index in [4.69, 9.17) is 5.11 Å². The van der Waals surface area contributed by atoms with Crippen LogP contribution in [0.15, 0.2) is 0 Å². The molecule has 4 nitrogen and oxygen atoms in total. The van der Waals surface area contributed by atoms with Crippen molar-refractivity contribution in [1.29, 1.82) is 0 Å². The van der Waals surface area contributed by atoms with Crippen molar-refractivity contribution in [2.45, 2.75) is 30.4 Å². The van der Waals surface area contributed by atoms with Gasteiger partial charge in [-0.3, -0.25) is 4.79 Å². The molecule has 92 valence electrons. The molecular formula is C7H10BF4NO3. The summed E-state index contributed by atoms with van der Waals surface area (Å²) in [7, 11) is 1.05. The van der Waals surface area contributed by atoms with Crippen molar-refractivity contribution in [2.75, 3.05) is 6.61 Å². The lowest BCUT2D eigenvalue weighted by Crippen LogP contribution is -2.51. The van der Waals surface area contributed by atoms with E-state index in [0.717, 1.165) is 7.85 Å². The van der Waals surface area contributed by atoms with Gasteiger partial charge >= 0.3 is 12.1 Å². The number of halogens is 4. The van der Waals surface area contributed by atoms with Crippen LogP contribution in [0.3, 0.4) is 0 Å². The maximum atomic E-state index is 13.2. The molecule has 0 spiro atoms. The van der Waals surface area contributed by atoms with Gasteiger partial charge in [-0.05, 0) is 0 Å². The zero-order valence-electron chi connectivity index (χ0n) is 8.28. The zero-order chi connectivity index (χ0) is 12.7. The summed E-state index contributed by atoms with van der Waals surface area (Å²) < 4.78 is 49.7. The van der Waals surface area contributed by atoms with Gasteiger partial charge in [-0.2, -0.15) is 13.2 Å². The molecule has 0 aromatic rings.